The molecule has 18 heavy (non-hydrogen) atoms. The Hall–Kier alpha value is -0.960. The van der Waals surface area contributed by atoms with Crippen molar-refractivity contribution in [3.63, 3.8) is 0 Å². The van der Waals surface area contributed by atoms with E-state index in [9.17, 15) is 8.78 Å². The summed E-state index contributed by atoms with van der Waals surface area (Å²) >= 11 is 0. The molecule has 1 aromatic carbocycles. The van der Waals surface area contributed by atoms with Crippen molar-refractivity contribution in [1.82, 2.24) is 5.32 Å². The molecule has 1 aromatic rings. The number of hydrogen-bond acceptors (Lipinski definition) is 1. The highest BCUT2D eigenvalue weighted by atomic mass is 19.1. The van der Waals surface area contributed by atoms with Gasteiger partial charge < -0.3 is 5.32 Å². The van der Waals surface area contributed by atoms with Crippen LogP contribution >= 0.6 is 0 Å². The maximum atomic E-state index is 13.5. The van der Waals surface area contributed by atoms with Gasteiger partial charge in [0.2, 0.25) is 0 Å². The highest BCUT2D eigenvalue weighted by molar-refractivity contribution is 5.18. The van der Waals surface area contributed by atoms with Crippen molar-refractivity contribution >= 4 is 0 Å². The summed E-state index contributed by atoms with van der Waals surface area (Å²) in [6.07, 6.45) is 4.12. The van der Waals surface area contributed by atoms with Crippen molar-refractivity contribution in [2.24, 2.45) is 5.41 Å². The van der Waals surface area contributed by atoms with Crippen LogP contribution in [0.15, 0.2) is 18.2 Å². The van der Waals surface area contributed by atoms with E-state index in [1.54, 1.807) is 6.07 Å². The fourth-order valence-corrected chi connectivity index (χ4v) is 1.99. The Labute approximate surface area is 108 Å². The van der Waals surface area contributed by atoms with Gasteiger partial charge in [-0.15, -0.1) is 0 Å². The molecular weight excluding hydrogens is 232 g/mol. The van der Waals surface area contributed by atoms with E-state index in [-0.39, 0.29) is 5.41 Å². The largest absolute Gasteiger partial charge is 0.313 e. The molecule has 1 aliphatic carbocycles. The van der Waals surface area contributed by atoms with Gasteiger partial charge in [-0.2, -0.15) is 0 Å². The van der Waals surface area contributed by atoms with Crippen molar-refractivity contribution in [2.75, 3.05) is 6.54 Å². The van der Waals surface area contributed by atoms with E-state index in [0.717, 1.165) is 19.0 Å². The van der Waals surface area contributed by atoms with Crippen LogP contribution in [-0.4, -0.2) is 12.6 Å². The highest BCUT2D eigenvalue weighted by Crippen LogP contribution is 2.26. The maximum Gasteiger partial charge on any atom is 0.129 e. The summed E-state index contributed by atoms with van der Waals surface area (Å²) in [5, 5.41) is 3.50. The third kappa shape index (κ3) is 4.05. The van der Waals surface area contributed by atoms with Crippen LogP contribution in [0.2, 0.25) is 0 Å². The Kier molecular flexibility index (Phi) is 4.00. The van der Waals surface area contributed by atoms with Crippen molar-refractivity contribution in [2.45, 2.75) is 45.6 Å². The van der Waals surface area contributed by atoms with E-state index < -0.39 is 11.6 Å². The standard InChI is InChI=1S/C15H21F2N/c1-15(2,10-18-13-5-6-13)8-7-11-3-4-12(16)9-14(11)17/h3-4,9,13,18H,5-8,10H2,1-2H3. The molecule has 0 aliphatic heterocycles. The minimum atomic E-state index is -0.508. The minimum absolute atomic E-state index is 0.142. The number of rotatable bonds is 6. The number of halogens is 2. The van der Waals surface area contributed by atoms with Crippen LogP contribution in [-0.2, 0) is 6.42 Å². The summed E-state index contributed by atoms with van der Waals surface area (Å²) in [6, 6.07) is 4.54. The molecule has 0 amide bonds. The van der Waals surface area contributed by atoms with Crippen LogP contribution in [0.4, 0.5) is 8.78 Å². The molecule has 1 nitrogen and oxygen atoms in total. The van der Waals surface area contributed by atoms with E-state index in [0.29, 0.717) is 18.0 Å². The van der Waals surface area contributed by atoms with E-state index >= 15 is 0 Å². The summed E-state index contributed by atoms with van der Waals surface area (Å²) in [5.41, 5.74) is 0.750. The topological polar surface area (TPSA) is 12.0 Å². The average Bonchev–Trinajstić information content (AvgIpc) is 3.09. The summed E-state index contributed by atoms with van der Waals surface area (Å²) < 4.78 is 26.3. The van der Waals surface area contributed by atoms with Gasteiger partial charge in [0.1, 0.15) is 11.6 Å². The number of hydrogen-bond donors (Lipinski definition) is 1. The van der Waals surface area contributed by atoms with Gasteiger partial charge in [0, 0.05) is 18.7 Å². The fraction of sp³-hybridized carbons (Fsp3) is 0.600. The van der Waals surface area contributed by atoms with Gasteiger partial charge in [-0.05, 0) is 42.7 Å². The smallest absolute Gasteiger partial charge is 0.129 e. The van der Waals surface area contributed by atoms with Gasteiger partial charge in [-0.3, -0.25) is 0 Å². The van der Waals surface area contributed by atoms with Crippen LogP contribution in [0.5, 0.6) is 0 Å². The van der Waals surface area contributed by atoms with Gasteiger partial charge in [0.15, 0.2) is 0 Å². The van der Waals surface area contributed by atoms with Crippen molar-refractivity contribution in [3.05, 3.63) is 35.4 Å². The number of aryl methyl sites for hydroxylation is 1. The Morgan fingerprint density at radius 2 is 2.00 bits per heavy atom. The van der Waals surface area contributed by atoms with E-state index in [4.69, 9.17) is 0 Å². The van der Waals surface area contributed by atoms with Gasteiger partial charge >= 0.3 is 0 Å². The lowest BCUT2D eigenvalue weighted by atomic mass is 9.86. The number of benzene rings is 1. The van der Waals surface area contributed by atoms with Gasteiger partial charge in [0.05, 0.1) is 0 Å². The zero-order valence-electron chi connectivity index (χ0n) is 11.1. The molecule has 0 bridgehead atoms. The van der Waals surface area contributed by atoms with Gasteiger partial charge in [0.25, 0.3) is 0 Å². The SMILES string of the molecule is CC(C)(CCc1ccc(F)cc1F)CNC1CC1. The molecule has 0 saturated heterocycles. The second kappa shape index (κ2) is 5.35. The van der Waals surface area contributed by atoms with Crippen molar-refractivity contribution < 1.29 is 8.78 Å². The minimum Gasteiger partial charge on any atom is -0.313 e. The average molecular weight is 253 g/mol. The molecule has 0 heterocycles. The second-order valence-electron chi connectivity index (χ2n) is 6.06. The molecule has 100 valence electrons. The van der Waals surface area contributed by atoms with E-state index in [2.05, 4.69) is 19.2 Å². The zero-order valence-corrected chi connectivity index (χ0v) is 11.1. The lowest BCUT2D eigenvalue weighted by molar-refractivity contribution is 0.312. The summed E-state index contributed by atoms with van der Waals surface area (Å²) in [4.78, 5) is 0. The maximum absolute atomic E-state index is 13.5. The molecule has 3 heteroatoms. The molecule has 0 spiro atoms. The molecule has 0 radical (unpaired) electrons. The third-order valence-electron chi connectivity index (χ3n) is 3.53. The van der Waals surface area contributed by atoms with Crippen molar-refractivity contribution in [3.8, 4) is 0 Å². The zero-order chi connectivity index (χ0) is 13.2. The molecule has 0 aromatic heterocycles. The third-order valence-corrected chi connectivity index (χ3v) is 3.53. The predicted molar refractivity (Wildman–Crippen MR) is 69.5 cm³/mol. The molecule has 0 atom stereocenters. The molecule has 1 fully saturated rings. The molecular formula is C15H21F2N. The molecule has 0 unspecified atom stereocenters. The monoisotopic (exact) mass is 253 g/mol. The first-order valence-electron chi connectivity index (χ1n) is 6.64. The Balaban J connectivity index is 1.84. The van der Waals surface area contributed by atoms with Crippen LogP contribution in [0.1, 0.15) is 38.7 Å². The molecule has 1 aliphatic rings. The molecule has 1 saturated carbocycles. The lowest BCUT2D eigenvalue weighted by Crippen LogP contribution is -2.31. The quantitative estimate of drug-likeness (QED) is 0.815. The van der Waals surface area contributed by atoms with Crippen molar-refractivity contribution in [1.29, 1.82) is 0 Å². The van der Waals surface area contributed by atoms with Gasteiger partial charge in [-0.1, -0.05) is 19.9 Å². The summed E-state index contributed by atoms with van der Waals surface area (Å²) in [5.74, 6) is -0.938. The molecule has 2 rings (SSSR count). The first-order chi connectivity index (χ1) is 8.46. The Bertz CT molecular complexity index is 411. The van der Waals surface area contributed by atoms with Crippen LogP contribution in [0.3, 0.4) is 0 Å². The Morgan fingerprint density at radius 3 is 2.61 bits per heavy atom. The van der Waals surface area contributed by atoms with Crippen LogP contribution in [0.25, 0.3) is 0 Å². The second-order valence-corrected chi connectivity index (χ2v) is 6.06. The summed E-state index contributed by atoms with van der Waals surface area (Å²) in [7, 11) is 0. The molecule has 1 N–H and O–H groups in total. The highest BCUT2D eigenvalue weighted by Gasteiger charge is 2.25. The Morgan fingerprint density at radius 1 is 1.28 bits per heavy atom. The normalized spacial score (nSPS) is 16.0. The lowest BCUT2D eigenvalue weighted by Gasteiger charge is -2.25. The van der Waals surface area contributed by atoms with Crippen LogP contribution in [0, 0.1) is 17.0 Å². The first-order valence-corrected chi connectivity index (χ1v) is 6.64. The first kappa shape index (κ1) is 13.5. The fourth-order valence-electron chi connectivity index (χ4n) is 1.99. The summed E-state index contributed by atoms with van der Waals surface area (Å²) in [6.45, 7) is 5.33. The number of nitrogens with one attached hydrogen (secondary N) is 1. The van der Waals surface area contributed by atoms with Crippen LogP contribution < -0.4 is 5.32 Å². The van der Waals surface area contributed by atoms with E-state index in [1.165, 1.54) is 18.9 Å². The van der Waals surface area contributed by atoms with Gasteiger partial charge in [-0.25, -0.2) is 8.78 Å². The predicted octanol–water partition coefficient (Wildman–Crippen LogP) is 3.68. The van der Waals surface area contributed by atoms with E-state index in [1.807, 2.05) is 0 Å².